The second-order valence-electron chi connectivity index (χ2n) is 4.60. The molecule has 0 saturated heterocycles. The van der Waals surface area contributed by atoms with Crippen molar-refractivity contribution >= 4 is 10.0 Å². The largest absolute Gasteiger partial charge is 0.390 e. The molecule has 0 aromatic carbocycles. The van der Waals surface area contributed by atoms with E-state index in [0.717, 1.165) is 6.54 Å². The SMILES string of the molecule is Cc1[nH]nc(CO)c1S(=O)(=O)NCCOCCN(C)C. The van der Waals surface area contributed by atoms with E-state index in [0.29, 0.717) is 18.9 Å². The van der Waals surface area contributed by atoms with Crippen LogP contribution in [0.25, 0.3) is 0 Å². The van der Waals surface area contributed by atoms with Gasteiger partial charge in [0.05, 0.1) is 25.5 Å². The first-order valence-electron chi connectivity index (χ1n) is 6.25. The summed E-state index contributed by atoms with van der Waals surface area (Å²) < 4.78 is 31.9. The van der Waals surface area contributed by atoms with Gasteiger partial charge in [-0.05, 0) is 21.0 Å². The summed E-state index contributed by atoms with van der Waals surface area (Å²) in [6, 6.07) is 0. The Morgan fingerprint density at radius 3 is 2.70 bits per heavy atom. The number of rotatable bonds is 9. The topological polar surface area (TPSA) is 108 Å². The van der Waals surface area contributed by atoms with Gasteiger partial charge in [-0.2, -0.15) is 5.10 Å². The van der Waals surface area contributed by atoms with Gasteiger partial charge in [-0.1, -0.05) is 0 Å². The Morgan fingerprint density at radius 2 is 2.10 bits per heavy atom. The molecule has 0 aliphatic carbocycles. The lowest BCUT2D eigenvalue weighted by molar-refractivity contribution is 0.122. The first-order valence-corrected chi connectivity index (χ1v) is 7.73. The van der Waals surface area contributed by atoms with Crippen molar-refractivity contribution in [2.75, 3.05) is 40.4 Å². The Bertz CT molecular complexity index is 512. The summed E-state index contributed by atoms with van der Waals surface area (Å²) in [6.45, 7) is 2.95. The minimum absolute atomic E-state index is 0.00768. The molecule has 0 aliphatic heterocycles. The van der Waals surface area contributed by atoms with E-state index < -0.39 is 16.6 Å². The van der Waals surface area contributed by atoms with Crippen LogP contribution in [-0.4, -0.2) is 69.0 Å². The molecule has 0 bridgehead atoms. The normalized spacial score (nSPS) is 12.2. The van der Waals surface area contributed by atoms with Crippen LogP contribution >= 0.6 is 0 Å². The van der Waals surface area contributed by atoms with Crippen LogP contribution in [0.1, 0.15) is 11.4 Å². The maximum Gasteiger partial charge on any atom is 0.244 e. The van der Waals surface area contributed by atoms with Gasteiger partial charge in [0.1, 0.15) is 10.6 Å². The molecule has 0 amide bonds. The van der Waals surface area contributed by atoms with Gasteiger partial charge in [-0.3, -0.25) is 5.10 Å². The maximum absolute atomic E-state index is 12.1. The lowest BCUT2D eigenvalue weighted by Gasteiger charge is -2.10. The molecule has 0 unspecified atom stereocenters. The number of likely N-dealkylation sites (N-methyl/N-ethyl adjacent to an activating group) is 1. The first-order chi connectivity index (χ1) is 9.38. The Hall–Kier alpha value is -1.00. The lowest BCUT2D eigenvalue weighted by Crippen LogP contribution is -2.29. The van der Waals surface area contributed by atoms with E-state index in [2.05, 4.69) is 14.9 Å². The zero-order valence-corrected chi connectivity index (χ0v) is 12.8. The molecule has 0 radical (unpaired) electrons. The maximum atomic E-state index is 12.1. The van der Waals surface area contributed by atoms with E-state index in [1.165, 1.54) is 0 Å². The molecule has 0 spiro atoms. The number of aromatic nitrogens is 2. The Labute approximate surface area is 119 Å². The minimum Gasteiger partial charge on any atom is -0.390 e. The monoisotopic (exact) mass is 306 g/mol. The average Bonchev–Trinajstić information content (AvgIpc) is 2.75. The summed E-state index contributed by atoms with van der Waals surface area (Å²) in [5.74, 6) is 0. The number of hydrogen-bond donors (Lipinski definition) is 3. The highest BCUT2D eigenvalue weighted by Crippen LogP contribution is 2.16. The number of hydrogen-bond acceptors (Lipinski definition) is 6. The van der Waals surface area contributed by atoms with Crippen LogP contribution in [-0.2, 0) is 21.4 Å². The van der Waals surface area contributed by atoms with Crippen LogP contribution in [0.3, 0.4) is 0 Å². The van der Waals surface area contributed by atoms with E-state index in [1.54, 1.807) is 6.92 Å². The Morgan fingerprint density at radius 1 is 1.40 bits per heavy atom. The second-order valence-corrected chi connectivity index (χ2v) is 6.30. The molecular formula is C11H22N4O4S. The van der Waals surface area contributed by atoms with E-state index >= 15 is 0 Å². The van der Waals surface area contributed by atoms with Gasteiger partial charge < -0.3 is 14.7 Å². The average molecular weight is 306 g/mol. The highest BCUT2D eigenvalue weighted by Gasteiger charge is 2.23. The molecule has 0 fully saturated rings. The molecule has 9 heteroatoms. The van der Waals surface area contributed by atoms with Gasteiger partial charge in [-0.15, -0.1) is 0 Å². The smallest absolute Gasteiger partial charge is 0.244 e. The molecule has 20 heavy (non-hydrogen) atoms. The fraction of sp³-hybridized carbons (Fsp3) is 0.727. The molecule has 1 aromatic rings. The van der Waals surface area contributed by atoms with Crippen LogP contribution in [0.5, 0.6) is 0 Å². The highest BCUT2D eigenvalue weighted by molar-refractivity contribution is 7.89. The van der Waals surface area contributed by atoms with Gasteiger partial charge in [0.2, 0.25) is 10.0 Å². The third-order valence-electron chi connectivity index (χ3n) is 2.60. The molecule has 1 heterocycles. The number of aromatic amines is 1. The molecule has 0 atom stereocenters. The molecule has 8 nitrogen and oxygen atoms in total. The molecular weight excluding hydrogens is 284 g/mol. The van der Waals surface area contributed by atoms with Crippen LogP contribution < -0.4 is 4.72 Å². The summed E-state index contributed by atoms with van der Waals surface area (Å²) in [7, 11) is 0.181. The van der Waals surface area contributed by atoms with E-state index in [1.807, 2.05) is 19.0 Å². The van der Waals surface area contributed by atoms with Crippen molar-refractivity contribution in [2.45, 2.75) is 18.4 Å². The summed E-state index contributed by atoms with van der Waals surface area (Å²) in [5, 5.41) is 15.4. The lowest BCUT2D eigenvalue weighted by atomic mass is 10.4. The zero-order chi connectivity index (χ0) is 15.2. The zero-order valence-electron chi connectivity index (χ0n) is 12.0. The number of aryl methyl sites for hydroxylation is 1. The molecule has 0 aliphatic rings. The second kappa shape index (κ2) is 7.70. The number of nitrogens with zero attached hydrogens (tertiary/aromatic N) is 2. The highest BCUT2D eigenvalue weighted by atomic mass is 32.2. The summed E-state index contributed by atoms with van der Waals surface area (Å²) in [6.07, 6.45) is 0. The van der Waals surface area contributed by atoms with E-state index in [4.69, 9.17) is 9.84 Å². The number of aliphatic hydroxyl groups excluding tert-OH is 1. The van der Waals surface area contributed by atoms with Gasteiger partial charge >= 0.3 is 0 Å². The molecule has 0 saturated carbocycles. The molecule has 1 rings (SSSR count). The summed E-state index contributed by atoms with van der Waals surface area (Å²) >= 11 is 0. The minimum atomic E-state index is -3.69. The van der Waals surface area contributed by atoms with Crippen molar-refractivity contribution in [3.05, 3.63) is 11.4 Å². The molecule has 1 aromatic heterocycles. The van der Waals surface area contributed by atoms with Crippen molar-refractivity contribution in [1.82, 2.24) is 19.8 Å². The van der Waals surface area contributed by atoms with Crippen molar-refractivity contribution in [2.24, 2.45) is 0 Å². The van der Waals surface area contributed by atoms with Crippen molar-refractivity contribution < 1.29 is 18.3 Å². The third kappa shape index (κ3) is 4.84. The van der Waals surface area contributed by atoms with Crippen LogP contribution in [0.15, 0.2) is 4.90 Å². The summed E-state index contributed by atoms with van der Waals surface area (Å²) in [5.41, 5.74) is 0.513. The Kier molecular flexibility index (Phi) is 6.56. The quantitative estimate of drug-likeness (QED) is 0.509. The Balaban J connectivity index is 2.48. The third-order valence-corrected chi connectivity index (χ3v) is 4.26. The fourth-order valence-electron chi connectivity index (χ4n) is 1.60. The van der Waals surface area contributed by atoms with Crippen molar-refractivity contribution in [1.29, 1.82) is 0 Å². The van der Waals surface area contributed by atoms with Crippen LogP contribution in [0, 0.1) is 6.92 Å². The van der Waals surface area contributed by atoms with Gasteiger partial charge in [-0.25, -0.2) is 13.1 Å². The molecule has 3 N–H and O–H groups in total. The van der Waals surface area contributed by atoms with Crippen molar-refractivity contribution in [3.63, 3.8) is 0 Å². The van der Waals surface area contributed by atoms with Gasteiger partial charge in [0.25, 0.3) is 0 Å². The number of ether oxygens (including phenoxy) is 1. The van der Waals surface area contributed by atoms with Crippen molar-refractivity contribution in [3.8, 4) is 0 Å². The fourth-order valence-corrected chi connectivity index (χ4v) is 2.97. The van der Waals surface area contributed by atoms with Crippen LogP contribution in [0.2, 0.25) is 0 Å². The van der Waals surface area contributed by atoms with Gasteiger partial charge in [0.15, 0.2) is 0 Å². The predicted molar refractivity (Wildman–Crippen MR) is 73.8 cm³/mol. The van der Waals surface area contributed by atoms with Crippen LogP contribution in [0.4, 0.5) is 0 Å². The molecule has 116 valence electrons. The van der Waals surface area contributed by atoms with E-state index in [9.17, 15) is 8.42 Å². The predicted octanol–water partition coefficient (Wildman–Crippen LogP) is -0.933. The number of H-pyrrole nitrogens is 1. The number of nitrogens with one attached hydrogen (secondary N) is 2. The number of sulfonamides is 1. The number of aliphatic hydroxyl groups is 1. The first kappa shape index (κ1) is 17.1. The summed E-state index contributed by atoms with van der Waals surface area (Å²) in [4.78, 5) is 1.99. The van der Waals surface area contributed by atoms with E-state index in [-0.39, 0.29) is 17.1 Å². The van der Waals surface area contributed by atoms with Gasteiger partial charge in [0, 0.05) is 13.1 Å². The standard InChI is InChI=1S/C11H22N4O4S/c1-9-11(10(8-16)14-13-9)20(17,18)12-4-6-19-7-5-15(2)3/h12,16H,4-8H2,1-3H3,(H,13,14).